The van der Waals surface area contributed by atoms with Gasteiger partial charge in [-0.2, -0.15) is 0 Å². The first-order valence-electron chi connectivity index (χ1n) is 7.49. The van der Waals surface area contributed by atoms with Crippen molar-refractivity contribution in [3.8, 4) is 0 Å². The lowest BCUT2D eigenvalue weighted by atomic mass is 10.0. The van der Waals surface area contributed by atoms with Gasteiger partial charge in [-0.05, 0) is 49.1 Å². The van der Waals surface area contributed by atoms with E-state index in [1.165, 1.54) is 16.7 Å². The van der Waals surface area contributed by atoms with Crippen LogP contribution in [0, 0.1) is 6.92 Å². The predicted molar refractivity (Wildman–Crippen MR) is 87.4 cm³/mol. The molecule has 108 valence electrons. The Morgan fingerprint density at radius 3 is 2.43 bits per heavy atom. The number of aryl methyl sites for hydroxylation is 2. The lowest BCUT2D eigenvalue weighted by Gasteiger charge is -2.09. The van der Waals surface area contributed by atoms with Crippen LogP contribution >= 0.6 is 0 Å². The van der Waals surface area contributed by atoms with Crippen LogP contribution < -0.4 is 5.73 Å². The van der Waals surface area contributed by atoms with Crippen LogP contribution in [0.2, 0.25) is 0 Å². The van der Waals surface area contributed by atoms with Crippen molar-refractivity contribution in [1.29, 1.82) is 0 Å². The van der Waals surface area contributed by atoms with E-state index in [9.17, 15) is 0 Å². The fourth-order valence-corrected chi connectivity index (χ4v) is 2.63. The summed E-state index contributed by atoms with van der Waals surface area (Å²) in [5.41, 5.74) is 11.1. The molecule has 0 amide bonds. The molecule has 1 heterocycles. The molecule has 21 heavy (non-hydrogen) atoms. The summed E-state index contributed by atoms with van der Waals surface area (Å²) < 4.78 is 5.88. The molecule has 0 aliphatic carbocycles. The first-order valence-corrected chi connectivity index (χ1v) is 7.49. The molecule has 3 aromatic rings. The molecular formula is C19H21NO. The van der Waals surface area contributed by atoms with E-state index in [0.717, 1.165) is 29.6 Å². The molecule has 2 aromatic carbocycles. The van der Waals surface area contributed by atoms with Crippen molar-refractivity contribution in [2.24, 2.45) is 5.73 Å². The van der Waals surface area contributed by atoms with Gasteiger partial charge in [-0.25, -0.2) is 0 Å². The van der Waals surface area contributed by atoms with E-state index in [-0.39, 0.29) is 6.04 Å². The monoisotopic (exact) mass is 279 g/mol. The van der Waals surface area contributed by atoms with Crippen LogP contribution in [0.4, 0.5) is 0 Å². The molecule has 2 nitrogen and oxygen atoms in total. The summed E-state index contributed by atoms with van der Waals surface area (Å²) in [6.07, 6.45) is 1.86. The Kier molecular flexibility index (Phi) is 3.80. The zero-order valence-electron chi connectivity index (χ0n) is 12.6. The number of hydrogen-bond acceptors (Lipinski definition) is 2. The van der Waals surface area contributed by atoms with Crippen molar-refractivity contribution in [2.45, 2.75) is 32.7 Å². The number of rotatable bonds is 4. The minimum absolute atomic E-state index is 0.106. The Labute approximate surface area is 125 Å². The number of nitrogens with two attached hydrogens (primary N) is 1. The number of benzene rings is 2. The van der Waals surface area contributed by atoms with Crippen LogP contribution in [0.5, 0.6) is 0 Å². The standard InChI is InChI=1S/C19H21NO/c1-3-14-5-7-15(8-6-14)11-17(20)19-12-16-10-13(2)4-9-18(16)21-19/h4-10,12,17H,3,11,20H2,1-2H3. The van der Waals surface area contributed by atoms with Crippen LogP contribution in [0.1, 0.15) is 35.4 Å². The van der Waals surface area contributed by atoms with Gasteiger partial charge in [0.15, 0.2) is 0 Å². The second kappa shape index (κ2) is 5.74. The Morgan fingerprint density at radius 2 is 1.71 bits per heavy atom. The zero-order chi connectivity index (χ0) is 14.8. The molecule has 0 spiro atoms. The third-order valence-electron chi connectivity index (χ3n) is 3.94. The van der Waals surface area contributed by atoms with Gasteiger partial charge in [0.05, 0.1) is 6.04 Å². The van der Waals surface area contributed by atoms with Crippen LogP contribution in [0.3, 0.4) is 0 Å². The smallest absolute Gasteiger partial charge is 0.134 e. The maximum Gasteiger partial charge on any atom is 0.134 e. The van der Waals surface area contributed by atoms with Gasteiger partial charge in [0, 0.05) is 5.39 Å². The quantitative estimate of drug-likeness (QED) is 0.761. The van der Waals surface area contributed by atoms with Crippen molar-refractivity contribution in [1.82, 2.24) is 0 Å². The van der Waals surface area contributed by atoms with E-state index >= 15 is 0 Å². The molecule has 1 unspecified atom stereocenters. The van der Waals surface area contributed by atoms with Crippen LogP contribution in [-0.4, -0.2) is 0 Å². The molecule has 0 aliphatic heterocycles. The molecule has 2 heteroatoms. The molecule has 0 fully saturated rings. The Morgan fingerprint density at radius 1 is 1.00 bits per heavy atom. The summed E-state index contributed by atoms with van der Waals surface area (Å²) >= 11 is 0. The normalized spacial score (nSPS) is 12.7. The highest BCUT2D eigenvalue weighted by atomic mass is 16.3. The molecule has 0 aliphatic rings. The van der Waals surface area contributed by atoms with Crippen molar-refractivity contribution in [3.05, 3.63) is 71.0 Å². The van der Waals surface area contributed by atoms with Gasteiger partial charge < -0.3 is 10.2 Å². The Balaban J connectivity index is 1.80. The van der Waals surface area contributed by atoms with Gasteiger partial charge in [0.1, 0.15) is 11.3 Å². The number of furan rings is 1. The maximum atomic E-state index is 6.31. The summed E-state index contributed by atoms with van der Waals surface area (Å²) in [6, 6.07) is 16.8. The van der Waals surface area contributed by atoms with Crippen molar-refractivity contribution < 1.29 is 4.42 Å². The third-order valence-corrected chi connectivity index (χ3v) is 3.94. The molecule has 1 aromatic heterocycles. The number of fused-ring (bicyclic) bond motifs is 1. The summed E-state index contributed by atoms with van der Waals surface area (Å²) in [5, 5.41) is 1.13. The first-order chi connectivity index (χ1) is 10.2. The highest BCUT2D eigenvalue weighted by Crippen LogP contribution is 2.25. The summed E-state index contributed by atoms with van der Waals surface area (Å²) in [5.74, 6) is 0.857. The average Bonchev–Trinajstić information content (AvgIpc) is 2.91. The van der Waals surface area contributed by atoms with Crippen molar-refractivity contribution in [3.63, 3.8) is 0 Å². The van der Waals surface area contributed by atoms with Gasteiger partial charge in [-0.3, -0.25) is 0 Å². The van der Waals surface area contributed by atoms with Gasteiger partial charge >= 0.3 is 0 Å². The summed E-state index contributed by atoms with van der Waals surface area (Å²) in [4.78, 5) is 0. The van der Waals surface area contributed by atoms with E-state index in [2.05, 4.69) is 56.3 Å². The zero-order valence-corrected chi connectivity index (χ0v) is 12.6. The molecule has 3 rings (SSSR count). The fourth-order valence-electron chi connectivity index (χ4n) is 2.63. The second-order valence-corrected chi connectivity index (χ2v) is 5.67. The van der Waals surface area contributed by atoms with Gasteiger partial charge in [-0.1, -0.05) is 42.8 Å². The molecule has 2 N–H and O–H groups in total. The average molecular weight is 279 g/mol. The van der Waals surface area contributed by atoms with Crippen LogP contribution in [0.15, 0.2) is 52.9 Å². The third kappa shape index (κ3) is 3.01. The van der Waals surface area contributed by atoms with Gasteiger partial charge in [0.25, 0.3) is 0 Å². The maximum absolute atomic E-state index is 6.31. The van der Waals surface area contributed by atoms with Crippen LogP contribution in [-0.2, 0) is 12.8 Å². The lowest BCUT2D eigenvalue weighted by molar-refractivity contribution is 0.494. The highest BCUT2D eigenvalue weighted by molar-refractivity contribution is 5.78. The van der Waals surface area contributed by atoms with Gasteiger partial charge in [0.2, 0.25) is 0 Å². The topological polar surface area (TPSA) is 39.2 Å². The van der Waals surface area contributed by atoms with Crippen LogP contribution in [0.25, 0.3) is 11.0 Å². The van der Waals surface area contributed by atoms with E-state index in [0.29, 0.717) is 0 Å². The van der Waals surface area contributed by atoms with E-state index in [1.807, 2.05) is 6.07 Å². The minimum atomic E-state index is -0.106. The second-order valence-electron chi connectivity index (χ2n) is 5.67. The summed E-state index contributed by atoms with van der Waals surface area (Å²) in [7, 11) is 0. The molecule has 1 atom stereocenters. The first kappa shape index (κ1) is 13.9. The minimum Gasteiger partial charge on any atom is -0.459 e. The molecule has 0 saturated carbocycles. The van der Waals surface area contributed by atoms with Crippen molar-refractivity contribution in [2.75, 3.05) is 0 Å². The highest BCUT2D eigenvalue weighted by Gasteiger charge is 2.13. The molecule has 0 radical (unpaired) electrons. The van der Waals surface area contributed by atoms with E-state index < -0.39 is 0 Å². The largest absolute Gasteiger partial charge is 0.459 e. The molecular weight excluding hydrogens is 258 g/mol. The van der Waals surface area contributed by atoms with Crippen molar-refractivity contribution >= 4 is 11.0 Å². The number of hydrogen-bond donors (Lipinski definition) is 1. The molecule has 0 saturated heterocycles. The van der Waals surface area contributed by atoms with E-state index in [4.69, 9.17) is 10.2 Å². The van der Waals surface area contributed by atoms with Gasteiger partial charge in [-0.15, -0.1) is 0 Å². The molecule has 0 bridgehead atoms. The predicted octanol–water partition coefficient (Wildman–Crippen LogP) is 4.55. The van der Waals surface area contributed by atoms with E-state index in [1.54, 1.807) is 0 Å². The lowest BCUT2D eigenvalue weighted by Crippen LogP contribution is -2.12. The fraction of sp³-hybridized carbons (Fsp3) is 0.263. The summed E-state index contributed by atoms with van der Waals surface area (Å²) in [6.45, 7) is 4.25. The SMILES string of the molecule is CCc1ccc(CC(N)c2cc3cc(C)ccc3o2)cc1. The Bertz CT molecular complexity index is 740. The Hall–Kier alpha value is -2.06.